The predicted molar refractivity (Wildman–Crippen MR) is 53.6 cm³/mol. The van der Waals surface area contributed by atoms with Gasteiger partial charge in [0.25, 0.3) is 0 Å². The third-order valence-electron chi connectivity index (χ3n) is 3.44. The summed E-state index contributed by atoms with van der Waals surface area (Å²) in [6.45, 7) is 8.80. The van der Waals surface area contributed by atoms with Gasteiger partial charge < -0.3 is 5.41 Å². The first-order chi connectivity index (χ1) is 5.54. The Bertz CT molecular complexity index is 172. The Morgan fingerprint density at radius 2 is 1.83 bits per heavy atom. The van der Waals surface area contributed by atoms with Gasteiger partial charge in [-0.3, -0.25) is 0 Å². The van der Waals surface area contributed by atoms with Gasteiger partial charge in [0.1, 0.15) is 0 Å². The van der Waals surface area contributed by atoms with Gasteiger partial charge in [0.05, 0.1) is 0 Å². The van der Waals surface area contributed by atoms with Crippen LogP contribution >= 0.6 is 0 Å². The van der Waals surface area contributed by atoms with E-state index in [1.807, 2.05) is 0 Å². The molecule has 1 saturated carbocycles. The van der Waals surface area contributed by atoms with Crippen LogP contribution in [-0.2, 0) is 0 Å². The molecule has 0 bridgehead atoms. The van der Waals surface area contributed by atoms with Gasteiger partial charge in [-0.2, -0.15) is 0 Å². The number of hydrogen-bond acceptors (Lipinski definition) is 1. The Labute approximate surface area is 76.1 Å². The monoisotopic (exact) mass is 167 g/mol. The summed E-state index contributed by atoms with van der Waals surface area (Å²) < 4.78 is 0. The van der Waals surface area contributed by atoms with Crippen molar-refractivity contribution in [3.63, 3.8) is 0 Å². The van der Waals surface area contributed by atoms with E-state index in [1.54, 1.807) is 0 Å². The van der Waals surface area contributed by atoms with Crippen LogP contribution in [0.2, 0.25) is 0 Å². The van der Waals surface area contributed by atoms with Crippen molar-refractivity contribution < 1.29 is 0 Å². The molecule has 0 aliphatic heterocycles. The lowest BCUT2D eigenvalue weighted by molar-refractivity contribution is 0.159. The van der Waals surface area contributed by atoms with Crippen molar-refractivity contribution in [2.75, 3.05) is 0 Å². The number of hydrogen-bond donors (Lipinski definition) is 1. The second kappa shape index (κ2) is 3.59. The minimum atomic E-state index is 0.438. The van der Waals surface area contributed by atoms with Gasteiger partial charge in [-0.1, -0.05) is 34.1 Å². The van der Waals surface area contributed by atoms with E-state index in [0.29, 0.717) is 11.8 Å². The third kappa shape index (κ3) is 1.70. The first-order valence-electron chi connectivity index (χ1n) is 5.12. The zero-order valence-electron chi connectivity index (χ0n) is 8.72. The molecular formula is C11H21N. The van der Waals surface area contributed by atoms with Crippen molar-refractivity contribution in [1.82, 2.24) is 0 Å². The molecule has 0 saturated heterocycles. The van der Waals surface area contributed by atoms with Gasteiger partial charge >= 0.3 is 0 Å². The smallest absolute Gasteiger partial charge is 0.0145 e. The Morgan fingerprint density at radius 1 is 1.25 bits per heavy atom. The zero-order chi connectivity index (χ0) is 9.30. The Balaban J connectivity index is 2.46. The van der Waals surface area contributed by atoms with Crippen LogP contribution in [0.5, 0.6) is 0 Å². The molecule has 1 heteroatoms. The van der Waals surface area contributed by atoms with Crippen molar-refractivity contribution in [2.45, 2.75) is 40.5 Å². The van der Waals surface area contributed by atoms with Gasteiger partial charge in [0.15, 0.2) is 0 Å². The summed E-state index contributed by atoms with van der Waals surface area (Å²) in [5, 5.41) is 7.91. The van der Waals surface area contributed by atoms with E-state index < -0.39 is 0 Å². The highest BCUT2D eigenvalue weighted by atomic mass is 14.5. The summed E-state index contributed by atoms with van der Waals surface area (Å²) in [5.74, 6) is 2.63. The standard InChI is InChI=1S/C11H21N/c1-7(2)11(12)9(4)10-6-5-8(10)3/h7-10,12H,5-6H2,1-4H3. The normalized spacial score (nSPS) is 31.4. The molecule has 1 N–H and O–H groups in total. The van der Waals surface area contributed by atoms with Crippen LogP contribution in [0.15, 0.2) is 0 Å². The highest BCUT2D eigenvalue weighted by Gasteiger charge is 2.33. The summed E-state index contributed by atoms with van der Waals surface area (Å²) in [7, 11) is 0. The third-order valence-corrected chi connectivity index (χ3v) is 3.44. The zero-order valence-corrected chi connectivity index (χ0v) is 8.72. The number of rotatable bonds is 3. The maximum atomic E-state index is 7.91. The van der Waals surface area contributed by atoms with E-state index in [2.05, 4.69) is 27.7 Å². The lowest BCUT2D eigenvalue weighted by atomic mass is 9.66. The molecule has 0 aromatic carbocycles. The molecule has 0 aromatic rings. The molecule has 1 rings (SSSR count). The molecule has 3 atom stereocenters. The molecule has 0 spiro atoms. The van der Waals surface area contributed by atoms with E-state index in [9.17, 15) is 0 Å². The Kier molecular flexibility index (Phi) is 2.92. The van der Waals surface area contributed by atoms with Gasteiger partial charge in [0, 0.05) is 5.71 Å². The highest BCUT2D eigenvalue weighted by molar-refractivity contribution is 5.85. The molecule has 1 aliphatic rings. The maximum Gasteiger partial charge on any atom is 0.0145 e. The van der Waals surface area contributed by atoms with Crippen LogP contribution in [0.4, 0.5) is 0 Å². The fraction of sp³-hybridized carbons (Fsp3) is 0.909. The van der Waals surface area contributed by atoms with Crippen LogP contribution < -0.4 is 0 Å². The van der Waals surface area contributed by atoms with Crippen molar-refractivity contribution in [3.05, 3.63) is 0 Å². The minimum absolute atomic E-state index is 0.438. The van der Waals surface area contributed by atoms with Gasteiger partial charge in [-0.15, -0.1) is 0 Å². The summed E-state index contributed by atoms with van der Waals surface area (Å²) >= 11 is 0. The van der Waals surface area contributed by atoms with E-state index in [0.717, 1.165) is 17.5 Å². The summed E-state index contributed by atoms with van der Waals surface area (Å²) in [4.78, 5) is 0. The molecule has 1 fully saturated rings. The van der Waals surface area contributed by atoms with Crippen molar-refractivity contribution in [2.24, 2.45) is 23.7 Å². The lowest BCUT2D eigenvalue weighted by Gasteiger charge is -2.39. The largest absolute Gasteiger partial charge is 0.309 e. The van der Waals surface area contributed by atoms with Crippen LogP contribution in [0.3, 0.4) is 0 Å². The first-order valence-corrected chi connectivity index (χ1v) is 5.12. The Morgan fingerprint density at radius 3 is 2.08 bits per heavy atom. The molecule has 0 heterocycles. The number of nitrogens with one attached hydrogen (secondary N) is 1. The second-order valence-corrected chi connectivity index (χ2v) is 4.62. The molecule has 70 valence electrons. The maximum absolute atomic E-state index is 7.91. The molecule has 12 heavy (non-hydrogen) atoms. The van der Waals surface area contributed by atoms with Crippen molar-refractivity contribution >= 4 is 5.71 Å². The van der Waals surface area contributed by atoms with E-state index in [1.165, 1.54) is 12.8 Å². The second-order valence-electron chi connectivity index (χ2n) is 4.62. The predicted octanol–water partition coefficient (Wildman–Crippen LogP) is 3.34. The SMILES string of the molecule is CC(C)C(=N)C(C)C1CCC1C. The summed E-state index contributed by atoms with van der Waals surface area (Å²) in [5.41, 5.74) is 0.951. The van der Waals surface area contributed by atoms with Crippen LogP contribution in [0.25, 0.3) is 0 Å². The first kappa shape index (κ1) is 9.76. The fourth-order valence-corrected chi connectivity index (χ4v) is 2.19. The average molecular weight is 167 g/mol. The van der Waals surface area contributed by atoms with E-state index in [-0.39, 0.29) is 0 Å². The molecule has 0 amide bonds. The molecule has 0 radical (unpaired) electrons. The quantitative estimate of drug-likeness (QED) is 0.623. The lowest BCUT2D eigenvalue weighted by Crippen LogP contribution is -2.34. The van der Waals surface area contributed by atoms with Crippen LogP contribution in [0.1, 0.15) is 40.5 Å². The van der Waals surface area contributed by atoms with Gasteiger partial charge in [-0.25, -0.2) is 0 Å². The van der Waals surface area contributed by atoms with E-state index in [4.69, 9.17) is 5.41 Å². The molecular weight excluding hydrogens is 146 g/mol. The van der Waals surface area contributed by atoms with Crippen molar-refractivity contribution in [3.8, 4) is 0 Å². The topological polar surface area (TPSA) is 23.9 Å². The van der Waals surface area contributed by atoms with Gasteiger partial charge in [-0.05, 0) is 30.1 Å². The van der Waals surface area contributed by atoms with Gasteiger partial charge in [0.2, 0.25) is 0 Å². The highest BCUT2D eigenvalue weighted by Crippen LogP contribution is 2.40. The minimum Gasteiger partial charge on any atom is -0.309 e. The fourth-order valence-electron chi connectivity index (χ4n) is 2.19. The molecule has 1 nitrogen and oxygen atoms in total. The van der Waals surface area contributed by atoms with Crippen LogP contribution in [-0.4, -0.2) is 5.71 Å². The van der Waals surface area contributed by atoms with Crippen molar-refractivity contribution in [1.29, 1.82) is 5.41 Å². The molecule has 0 aromatic heterocycles. The summed E-state index contributed by atoms with van der Waals surface area (Å²) in [6.07, 6.45) is 2.72. The molecule has 3 unspecified atom stereocenters. The Hall–Kier alpha value is -0.330. The summed E-state index contributed by atoms with van der Waals surface area (Å²) in [6, 6.07) is 0. The average Bonchev–Trinajstić information content (AvgIpc) is 2.00. The molecule has 1 aliphatic carbocycles. The van der Waals surface area contributed by atoms with Crippen LogP contribution in [0, 0.1) is 29.1 Å². The van der Waals surface area contributed by atoms with E-state index >= 15 is 0 Å².